The van der Waals surface area contributed by atoms with Crippen LogP contribution >= 0.6 is 12.2 Å². The zero-order valence-electron chi connectivity index (χ0n) is 17.3. The maximum atomic E-state index is 5.41. The number of nitrogens with one attached hydrogen (secondary N) is 1. The lowest BCUT2D eigenvalue weighted by atomic mass is 10.1. The summed E-state index contributed by atoms with van der Waals surface area (Å²) in [6.45, 7) is 2.07. The van der Waals surface area contributed by atoms with Gasteiger partial charge in [-0.25, -0.2) is 9.78 Å². The van der Waals surface area contributed by atoms with Gasteiger partial charge in [0.2, 0.25) is 4.77 Å². The highest BCUT2D eigenvalue weighted by Crippen LogP contribution is 2.24. The van der Waals surface area contributed by atoms with Crippen LogP contribution in [0.5, 0.6) is 0 Å². The molecule has 0 atom stereocenters. The number of aromatic amines is 1. The van der Waals surface area contributed by atoms with Crippen LogP contribution in [0, 0.1) is 11.7 Å². The molecule has 0 spiro atoms. The summed E-state index contributed by atoms with van der Waals surface area (Å²) in [6.07, 6.45) is 7.14. The Kier molecular flexibility index (Phi) is 5.27. The first kappa shape index (κ1) is 19.8. The van der Waals surface area contributed by atoms with E-state index in [1.807, 2.05) is 53.3 Å². The van der Waals surface area contributed by atoms with Crippen LogP contribution < -0.4 is 0 Å². The molecule has 0 saturated carbocycles. The number of H-pyrrole nitrogens is 1. The molecule has 3 aromatic heterocycles. The van der Waals surface area contributed by atoms with Gasteiger partial charge >= 0.3 is 0 Å². The SMILES string of the molecule is Cc1ccc(-c2nn(-c3ccccc3)cc2/C=N\n2c(-c3ccncc3)n[nH]c2=S)cc1. The molecule has 5 rings (SSSR count). The zero-order valence-corrected chi connectivity index (χ0v) is 18.1. The molecule has 0 fully saturated rings. The minimum absolute atomic E-state index is 0.403. The van der Waals surface area contributed by atoms with Crippen LogP contribution in [0.2, 0.25) is 0 Å². The molecule has 8 heteroatoms. The van der Waals surface area contributed by atoms with Gasteiger partial charge in [-0.2, -0.15) is 20.0 Å². The molecular formula is C24H19N7S. The van der Waals surface area contributed by atoms with Crippen molar-refractivity contribution in [2.45, 2.75) is 6.92 Å². The molecule has 0 aliphatic carbocycles. The Balaban J connectivity index is 1.60. The standard InChI is InChI=1S/C24H19N7S/c1-17-7-9-18(10-8-17)22-20(16-30(29-22)21-5-3-2-4-6-21)15-26-31-23(27-28-24(31)32)19-11-13-25-14-12-19/h2-16H,1H3,(H,28,32)/b26-15-. The summed E-state index contributed by atoms with van der Waals surface area (Å²) < 4.78 is 3.86. The van der Waals surface area contributed by atoms with Crippen LogP contribution in [0.15, 0.2) is 90.4 Å². The first-order chi connectivity index (χ1) is 15.7. The molecule has 3 heterocycles. The molecule has 0 radical (unpaired) electrons. The number of aromatic nitrogens is 6. The van der Waals surface area contributed by atoms with Crippen molar-refractivity contribution in [3.63, 3.8) is 0 Å². The van der Waals surface area contributed by atoms with E-state index in [1.54, 1.807) is 23.3 Å². The van der Waals surface area contributed by atoms with Gasteiger partial charge in [0, 0.05) is 35.3 Å². The smallest absolute Gasteiger partial charge is 0.216 e. The number of pyridine rings is 1. The lowest BCUT2D eigenvalue weighted by Crippen LogP contribution is -1.95. The number of rotatable bonds is 5. The topological polar surface area (TPSA) is 76.7 Å². The second-order valence-corrected chi connectivity index (χ2v) is 7.61. The Morgan fingerprint density at radius 1 is 0.938 bits per heavy atom. The van der Waals surface area contributed by atoms with Crippen LogP contribution in [0.4, 0.5) is 0 Å². The van der Waals surface area contributed by atoms with Gasteiger partial charge in [-0.05, 0) is 43.4 Å². The maximum Gasteiger partial charge on any atom is 0.216 e. The Morgan fingerprint density at radius 3 is 2.44 bits per heavy atom. The average Bonchev–Trinajstić information content (AvgIpc) is 3.43. The van der Waals surface area contributed by atoms with E-state index in [4.69, 9.17) is 17.3 Å². The van der Waals surface area contributed by atoms with Crippen molar-refractivity contribution >= 4 is 18.4 Å². The summed E-state index contributed by atoms with van der Waals surface area (Å²) in [7, 11) is 0. The molecule has 1 N–H and O–H groups in total. The number of hydrogen-bond acceptors (Lipinski definition) is 5. The minimum Gasteiger partial charge on any atom is -0.265 e. The van der Waals surface area contributed by atoms with E-state index in [1.165, 1.54) is 5.56 Å². The van der Waals surface area contributed by atoms with Crippen molar-refractivity contribution in [3.8, 4) is 28.3 Å². The van der Waals surface area contributed by atoms with Crippen molar-refractivity contribution in [1.82, 2.24) is 29.6 Å². The molecule has 0 amide bonds. The van der Waals surface area contributed by atoms with E-state index in [-0.39, 0.29) is 0 Å². The quantitative estimate of drug-likeness (QED) is 0.308. The highest BCUT2D eigenvalue weighted by Gasteiger charge is 2.12. The fourth-order valence-corrected chi connectivity index (χ4v) is 3.52. The van der Waals surface area contributed by atoms with E-state index in [9.17, 15) is 0 Å². The van der Waals surface area contributed by atoms with Crippen LogP contribution in [-0.4, -0.2) is 35.9 Å². The summed E-state index contributed by atoms with van der Waals surface area (Å²) in [4.78, 5) is 4.06. The van der Waals surface area contributed by atoms with Crippen LogP contribution in [0.3, 0.4) is 0 Å². The third-order valence-corrected chi connectivity index (χ3v) is 5.25. The normalized spacial score (nSPS) is 11.3. The highest BCUT2D eigenvalue weighted by molar-refractivity contribution is 7.71. The number of aryl methyl sites for hydroxylation is 1. The van der Waals surface area contributed by atoms with E-state index < -0.39 is 0 Å². The van der Waals surface area contributed by atoms with Gasteiger partial charge in [-0.3, -0.25) is 4.98 Å². The molecule has 0 bridgehead atoms. The molecule has 0 aliphatic heterocycles. The van der Waals surface area contributed by atoms with E-state index in [0.29, 0.717) is 10.6 Å². The molecule has 7 nitrogen and oxygen atoms in total. The largest absolute Gasteiger partial charge is 0.265 e. The van der Waals surface area contributed by atoms with Gasteiger partial charge in [0.25, 0.3) is 0 Å². The number of hydrogen-bond donors (Lipinski definition) is 1. The maximum absolute atomic E-state index is 5.41. The second-order valence-electron chi connectivity index (χ2n) is 7.22. The van der Waals surface area contributed by atoms with Crippen LogP contribution in [0.25, 0.3) is 28.3 Å². The number of para-hydroxylation sites is 1. The Hall–Kier alpha value is -4.17. The third kappa shape index (κ3) is 3.91. The number of benzene rings is 2. The third-order valence-electron chi connectivity index (χ3n) is 4.99. The molecule has 156 valence electrons. The average molecular weight is 438 g/mol. The van der Waals surface area contributed by atoms with E-state index in [0.717, 1.165) is 28.1 Å². The van der Waals surface area contributed by atoms with Gasteiger partial charge in [0.05, 0.1) is 11.9 Å². The minimum atomic E-state index is 0.403. The van der Waals surface area contributed by atoms with Crippen molar-refractivity contribution in [3.05, 3.63) is 101 Å². The number of nitrogens with zero attached hydrogens (tertiary/aromatic N) is 6. The summed E-state index contributed by atoms with van der Waals surface area (Å²) in [5.41, 5.74) is 5.73. The van der Waals surface area contributed by atoms with E-state index >= 15 is 0 Å². The second kappa shape index (κ2) is 8.52. The molecule has 5 aromatic rings. The summed E-state index contributed by atoms with van der Waals surface area (Å²) in [5, 5.41) is 16.6. The molecule has 0 aliphatic rings. The van der Waals surface area contributed by atoms with Crippen LogP contribution in [0.1, 0.15) is 11.1 Å². The summed E-state index contributed by atoms with van der Waals surface area (Å²) in [6, 6.07) is 22.0. The fourth-order valence-electron chi connectivity index (χ4n) is 3.34. The molecule has 0 unspecified atom stereocenters. The van der Waals surface area contributed by atoms with Gasteiger partial charge in [0.15, 0.2) is 5.82 Å². The van der Waals surface area contributed by atoms with Gasteiger partial charge in [-0.1, -0.05) is 48.0 Å². The van der Waals surface area contributed by atoms with Crippen molar-refractivity contribution in [1.29, 1.82) is 0 Å². The van der Waals surface area contributed by atoms with Gasteiger partial charge in [0.1, 0.15) is 5.69 Å². The molecular weight excluding hydrogens is 418 g/mol. The zero-order chi connectivity index (χ0) is 21.9. The summed E-state index contributed by atoms with van der Waals surface area (Å²) in [5.74, 6) is 0.612. The molecule has 32 heavy (non-hydrogen) atoms. The molecule has 0 saturated heterocycles. The first-order valence-corrected chi connectivity index (χ1v) is 10.4. The lowest BCUT2D eigenvalue weighted by Gasteiger charge is -2.01. The molecule has 2 aromatic carbocycles. The lowest BCUT2D eigenvalue weighted by molar-refractivity contribution is 0.871. The predicted molar refractivity (Wildman–Crippen MR) is 127 cm³/mol. The van der Waals surface area contributed by atoms with Crippen LogP contribution in [-0.2, 0) is 0 Å². The van der Waals surface area contributed by atoms with Gasteiger partial charge in [-0.15, -0.1) is 0 Å². The Labute approximate surface area is 189 Å². The first-order valence-electron chi connectivity index (χ1n) is 10.0. The monoisotopic (exact) mass is 437 g/mol. The summed E-state index contributed by atoms with van der Waals surface area (Å²) >= 11 is 5.41. The Morgan fingerprint density at radius 2 is 1.69 bits per heavy atom. The Bertz CT molecular complexity index is 1430. The fraction of sp³-hybridized carbons (Fsp3) is 0.0417. The van der Waals surface area contributed by atoms with E-state index in [2.05, 4.69) is 51.5 Å². The van der Waals surface area contributed by atoms with Gasteiger partial charge < -0.3 is 0 Å². The van der Waals surface area contributed by atoms with Crippen molar-refractivity contribution in [2.24, 2.45) is 5.10 Å². The highest BCUT2D eigenvalue weighted by atomic mass is 32.1. The van der Waals surface area contributed by atoms with Crippen molar-refractivity contribution < 1.29 is 0 Å². The van der Waals surface area contributed by atoms with Crippen molar-refractivity contribution in [2.75, 3.05) is 0 Å². The predicted octanol–water partition coefficient (Wildman–Crippen LogP) is 5.05.